The Bertz CT molecular complexity index is 568. The van der Waals surface area contributed by atoms with Crippen LogP contribution in [0.25, 0.3) is 10.2 Å². The summed E-state index contributed by atoms with van der Waals surface area (Å²) in [7, 11) is 0. The van der Waals surface area contributed by atoms with Gasteiger partial charge < -0.3 is 9.73 Å². The molecule has 0 unspecified atom stereocenters. The molecule has 2 heterocycles. The standard InChI is InChI=1S/C13H12N2OS/c1-2-6-12-11(5-1)15-13(17-12)9-14-8-10-4-3-7-16-10/h1-7,14H,8-9H2. The van der Waals surface area contributed by atoms with Crippen molar-refractivity contribution in [3.63, 3.8) is 0 Å². The van der Waals surface area contributed by atoms with E-state index in [-0.39, 0.29) is 0 Å². The second-order valence-corrected chi connectivity index (χ2v) is 4.87. The number of nitrogens with zero attached hydrogens (tertiary/aromatic N) is 1. The average molecular weight is 244 g/mol. The number of furan rings is 1. The Balaban J connectivity index is 1.65. The summed E-state index contributed by atoms with van der Waals surface area (Å²) in [5.74, 6) is 0.950. The van der Waals surface area contributed by atoms with Crippen LogP contribution in [0.4, 0.5) is 0 Å². The van der Waals surface area contributed by atoms with Crippen LogP contribution in [-0.2, 0) is 13.1 Å². The fourth-order valence-electron chi connectivity index (χ4n) is 1.70. The van der Waals surface area contributed by atoms with Gasteiger partial charge in [-0.25, -0.2) is 4.98 Å². The summed E-state index contributed by atoms with van der Waals surface area (Å²) in [6, 6.07) is 12.1. The van der Waals surface area contributed by atoms with E-state index in [1.165, 1.54) is 4.70 Å². The lowest BCUT2D eigenvalue weighted by Crippen LogP contribution is -2.11. The van der Waals surface area contributed by atoms with Gasteiger partial charge in [0.1, 0.15) is 10.8 Å². The van der Waals surface area contributed by atoms with Gasteiger partial charge in [-0.05, 0) is 24.3 Å². The van der Waals surface area contributed by atoms with Crippen LogP contribution in [0.3, 0.4) is 0 Å². The quantitative estimate of drug-likeness (QED) is 0.766. The summed E-state index contributed by atoms with van der Waals surface area (Å²) < 4.78 is 6.49. The predicted molar refractivity (Wildman–Crippen MR) is 68.9 cm³/mol. The Morgan fingerprint density at radius 1 is 1.12 bits per heavy atom. The molecule has 0 spiro atoms. The molecule has 0 saturated heterocycles. The topological polar surface area (TPSA) is 38.1 Å². The van der Waals surface area contributed by atoms with E-state index in [4.69, 9.17) is 4.42 Å². The van der Waals surface area contributed by atoms with Crippen LogP contribution in [-0.4, -0.2) is 4.98 Å². The van der Waals surface area contributed by atoms with Crippen LogP contribution in [0, 0.1) is 0 Å². The number of hydrogen-bond donors (Lipinski definition) is 1. The first-order chi connectivity index (χ1) is 8.42. The molecule has 3 aromatic rings. The summed E-state index contributed by atoms with van der Waals surface area (Å²) >= 11 is 1.73. The molecule has 17 heavy (non-hydrogen) atoms. The minimum absolute atomic E-state index is 0.739. The summed E-state index contributed by atoms with van der Waals surface area (Å²) in [4.78, 5) is 4.56. The van der Waals surface area contributed by atoms with Crippen molar-refractivity contribution in [1.29, 1.82) is 0 Å². The highest BCUT2D eigenvalue weighted by molar-refractivity contribution is 7.18. The maximum Gasteiger partial charge on any atom is 0.117 e. The summed E-state index contributed by atoms with van der Waals surface area (Å²) in [6.07, 6.45) is 1.69. The lowest BCUT2D eigenvalue weighted by Gasteiger charge is -1.98. The molecule has 0 aliphatic carbocycles. The van der Waals surface area contributed by atoms with E-state index in [0.717, 1.165) is 29.4 Å². The van der Waals surface area contributed by atoms with Crippen LogP contribution >= 0.6 is 11.3 Å². The average Bonchev–Trinajstić information content (AvgIpc) is 2.96. The number of para-hydroxylation sites is 1. The first-order valence-corrected chi connectivity index (χ1v) is 6.31. The first-order valence-electron chi connectivity index (χ1n) is 5.49. The number of benzene rings is 1. The van der Waals surface area contributed by atoms with Crippen molar-refractivity contribution in [2.75, 3.05) is 0 Å². The lowest BCUT2D eigenvalue weighted by molar-refractivity contribution is 0.483. The van der Waals surface area contributed by atoms with E-state index in [1.54, 1.807) is 17.6 Å². The van der Waals surface area contributed by atoms with Gasteiger partial charge in [0.25, 0.3) is 0 Å². The van der Waals surface area contributed by atoms with E-state index >= 15 is 0 Å². The van der Waals surface area contributed by atoms with Gasteiger partial charge in [0, 0.05) is 6.54 Å². The van der Waals surface area contributed by atoms with Gasteiger partial charge in [-0.1, -0.05) is 12.1 Å². The van der Waals surface area contributed by atoms with E-state index in [9.17, 15) is 0 Å². The highest BCUT2D eigenvalue weighted by atomic mass is 32.1. The number of nitrogens with one attached hydrogen (secondary N) is 1. The van der Waals surface area contributed by atoms with Crippen molar-refractivity contribution in [3.05, 3.63) is 53.4 Å². The van der Waals surface area contributed by atoms with E-state index in [1.807, 2.05) is 30.3 Å². The fourth-order valence-corrected chi connectivity index (χ4v) is 2.64. The molecule has 1 N–H and O–H groups in total. The maximum atomic E-state index is 5.25. The zero-order chi connectivity index (χ0) is 11.5. The zero-order valence-corrected chi connectivity index (χ0v) is 10.0. The number of thiazole rings is 1. The number of hydrogen-bond acceptors (Lipinski definition) is 4. The summed E-state index contributed by atoms with van der Waals surface area (Å²) in [5, 5.41) is 4.43. The third kappa shape index (κ3) is 2.38. The van der Waals surface area contributed by atoms with Crippen LogP contribution in [0.5, 0.6) is 0 Å². The molecule has 86 valence electrons. The molecular formula is C13H12N2OS. The molecule has 0 radical (unpaired) electrons. The van der Waals surface area contributed by atoms with Gasteiger partial charge >= 0.3 is 0 Å². The van der Waals surface area contributed by atoms with Gasteiger partial charge in [0.2, 0.25) is 0 Å². The van der Waals surface area contributed by atoms with E-state index in [2.05, 4.69) is 16.4 Å². The third-order valence-corrected chi connectivity index (χ3v) is 3.53. The second-order valence-electron chi connectivity index (χ2n) is 3.76. The van der Waals surface area contributed by atoms with Crippen molar-refractivity contribution in [1.82, 2.24) is 10.3 Å². The largest absolute Gasteiger partial charge is 0.468 e. The van der Waals surface area contributed by atoms with Crippen LogP contribution < -0.4 is 5.32 Å². The second kappa shape index (κ2) is 4.69. The first kappa shape index (κ1) is 10.5. The number of fused-ring (bicyclic) bond motifs is 1. The molecule has 3 rings (SSSR count). The van der Waals surface area contributed by atoms with Gasteiger partial charge in [-0.2, -0.15) is 0 Å². The van der Waals surface area contributed by atoms with Gasteiger partial charge in [-0.15, -0.1) is 11.3 Å². The Morgan fingerprint density at radius 3 is 2.88 bits per heavy atom. The van der Waals surface area contributed by atoms with Gasteiger partial charge in [0.05, 0.1) is 23.0 Å². The molecule has 4 heteroatoms. The zero-order valence-electron chi connectivity index (χ0n) is 9.22. The maximum absolute atomic E-state index is 5.25. The van der Waals surface area contributed by atoms with Crippen molar-refractivity contribution < 1.29 is 4.42 Å². The minimum atomic E-state index is 0.739. The summed E-state index contributed by atoms with van der Waals surface area (Å²) in [5.41, 5.74) is 1.08. The SMILES string of the molecule is c1coc(CNCc2nc3ccccc3s2)c1. The molecule has 1 aromatic carbocycles. The molecule has 0 aliphatic rings. The summed E-state index contributed by atoms with van der Waals surface area (Å²) in [6.45, 7) is 1.52. The molecule has 2 aromatic heterocycles. The van der Waals surface area contributed by atoms with Crippen molar-refractivity contribution in [2.45, 2.75) is 13.1 Å². The van der Waals surface area contributed by atoms with Crippen molar-refractivity contribution in [3.8, 4) is 0 Å². The van der Waals surface area contributed by atoms with Gasteiger partial charge in [-0.3, -0.25) is 0 Å². The van der Waals surface area contributed by atoms with E-state index < -0.39 is 0 Å². The molecule has 0 amide bonds. The fraction of sp³-hybridized carbons (Fsp3) is 0.154. The highest BCUT2D eigenvalue weighted by Crippen LogP contribution is 2.21. The van der Waals surface area contributed by atoms with Gasteiger partial charge in [0.15, 0.2) is 0 Å². The van der Waals surface area contributed by atoms with E-state index in [0.29, 0.717) is 0 Å². The smallest absolute Gasteiger partial charge is 0.117 e. The lowest BCUT2D eigenvalue weighted by atomic mass is 10.3. The number of rotatable bonds is 4. The van der Waals surface area contributed by atoms with Crippen LogP contribution in [0.1, 0.15) is 10.8 Å². The van der Waals surface area contributed by atoms with Crippen molar-refractivity contribution in [2.24, 2.45) is 0 Å². The third-order valence-electron chi connectivity index (χ3n) is 2.49. The predicted octanol–water partition coefficient (Wildman–Crippen LogP) is 3.18. The minimum Gasteiger partial charge on any atom is -0.468 e. The molecule has 0 atom stereocenters. The normalized spacial score (nSPS) is 11.1. The monoisotopic (exact) mass is 244 g/mol. The Kier molecular flexibility index (Phi) is 2.90. The molecule has 0 saturated carbocycles. The van der Waals surface area contributed by atoms with Crippen molar-refractivity contribution >= 4 is 21.6 Å². The molecule has 0 fully saturated rings. The van der Waals surface area contributed by atoms with Crippen LogP contribution in [0.2, 0.25) is 0 Å². The number of aromatic nitrogens is 1. The molecule has 3 nitrogen and oxygen atoms in total. The van der Waals surface area contributed by atoms with Crippen LogP contribution in [0.15, 0.2) is 47.1 Å². The highest BCUT2D eigenvalue weighted by Gasteiger charge is 2.02. The Labute approximate surface area is 103 Å². The Hall–Kier alpha value is -1.65. The Morgan fingerprint density at radius 2 is 2.06 bits per heavy atom. The molecule has 0 bridgehead atoms. The molecule has 0 aliphatic heterocycles. The molecular weight excluding hydrogens is 232 g/mol.